The summed E-state index contributed by atoms with van der Waals surface area (Å²) < 4.78 is 4.67. The smallest absolute Gasteiger partial charge is 0.338 e. The molecule has 0 bridgehead atoms. The summed E-state index contributed by atoms with van der Waals surface area (Å²) in [6.07, 6.45) is 0. The van der Waals surface area contributed by atoms with Crippen LogP contribution in [0, 0.1) is 18.8 Å². The van der Waals surface area contributed by atoms with Crippen molar-refractivity contribution >= 4 is 18.6 Å². The predicted octanol–water partition coefficient (Wildman–Crippen LogP) is 2.06. The van der Waals surface area contributed by atoms with E-state index in [0.717, 1.165) is 11.1 Å². The number of carbonyl (C=O) groups is 1. The SMILES string of the molecule is COC(=O)c1cc(C#CCS)ccc1C. The number of thiol groups is 1. The fourth-order valence-corrected chi connectivity index (χ4v) is 1.25. The standard InChI is InChI=1S/C12H12O2S/c1-9-5-6-10(4-3-7-15)8-11(9)12(13)14-2/h5-6,8,15H,7H2,1-2H3. The molecule has 0 saturated carbocycles. The highest BCUT2D eigenvalue weighted by Gasteiger charge is 2.08. The Balaban J connectivity index is 3.10. The van der Waals surface area contributed by atoms with Gasteiger partial charge in [-0.15, -0.1) is 0 Å². The van der Waals surface area contributed by atoms with Crippen LogP contribution in [0.1, 0.15) is 21.5 Å². The lowest BCUT2D eigenvalue weighted by molar-refractivity contribution is 0.0600. The third-order valence-electron chi connectivity index (χ3n) is 1.95. The number of hydrogen-bond donors (Lipinski definition) is 1. The first-order valence-electron chi connectivity index (χ1n) is 4.47. The predicted molar refractivity (Wildman–Crippen MR) is 63.2 cm³/mol. The second kappa shape index (κ2) is 5.47. The quantitative estimate of drug-likeness (QED) is 0.445. The zero-order valence-electron chi connectivity index (χ0n) is 8.70. The Bertz CT molecular complexity index is 427. The Labute approximate surface area is 95.1 Å². The van der Waals surface area contributed by atoms with Gasteiger partial charge in [-0.25, -0.2) is 4.79 Å². The Morgan fingerprint density at radius 3 is 2.87 bits per heavy atom. The molecular formula is C12H12O2S. The van der Waals surface area contributed by atoms with Crippen molar-refractivity contribution in [2.75, 3.05) is 12.9 Å². The summed E-state index contributed by atoms with van der Waals surface area (Å²) in [5.41, 5.74) is 2.25. The van der Waals surface area contributed by atoms with Gasteiger partial charge in [-0.05, 0) is 24.6 Å². The van der Waals surface area contributed by atoms with E-state index in [1.807, 2.05) is 19.1 Å². The van der Waals surface area contributed by atoms with Crippen molar-refractivity contribution < 1.29 is 9.53 Å². The number of hydrogen-bond acceptors (Lipinski definition) is 3. The van der Waals surface area contributed by atoms with Gasteiger partial charge in [0.1, 0.15) is 0 Å². The van der Waals surface area contributed by atoms with Crippen molar-refractivity contribution in [3.63, 3.8) is 0 Å². The number of aryl methyl sites for hydroxylation is 1. The van der Waals surface area contributed by atoms with Gasteiger partial charge in [0.15, 0.2) is 0 Å². The topological polar surface area (TPSA) is 26.3 Å². The Kier molecular flexibility index (Phi) is 4.26. The molecule has 15 heavy (non-hydrogen) atoms. The summed E-state index contributed by atoms with van der Waals surface area (Å²) in [6.45, 7) is 1.86. The minimum absolute atomic E-state index is 0.331. The fraction of sp³-hybridized carbons (Fsp3) is 0.250. The van der Waals surface area contributed by atoms with Gasteiger partial charge in [-0.1, -0.05) is 17.9 Å². The highest BCUT2D eigenvalue weighted by Crippen LogP contribution is 2.11. The van der Waals surface area contributed by atoms with Crippen LogP contribution in [0.25, 0.3) is 0 Å². The van der Waals surface area contributed by atoms with Crippen LogP contribution in [0.2, 0.25) is 0 Å². The van der Waals surface area contributed by atoms with E-state index in [1.54, 1.807) is 6.07 Å². The van der Waals surface area contributed by atoms with Gasteiger partial charge in [0.05, 0.1) is 18.4 Å². The molecule has 0 aliphatic carbocycles. The molecule has 1 aromatic rings. The monoisotopic (exact) mass is 220 g/mol. The van der Waals surface area contributed by atoms with Crippen LogP contribution in [0.15, 0.2) is 18.2 Å². The van der Waals surface area contributed by atoms with Crippen LogP contribution in [-0.2, 0) is 4.74 Å². The van der Waals surface area contributed by atoms with Crippen molar-refractivity contribution in [3.8, 4) is 11.8 Å². The highest BCUT2D eigenvalue weighted by molar-refractivity contribution is 7.80. The lowest BCUT2D eigenvalue weighted by atomic mass is 10.1. The van der Waals surface area contributed by atoms with Crippen molar-refractivity contribution in [1.82, 2.24) is 0 Å². The second-order valence-corrected chi connectivity index (χ2v) is 3.30. The minimum Gasteiger partial charge on any atom is -0.465 e. The average molecular weight is 220 g/mol. The summed E-state index contributed by atoms with van der Waals surface area (Å²) in [6, 6.07) is 5.46. The Hall–Kier alpha value is -1.40. The minimum atomic E-state index is -0.331. The maximum absolute atomic E-state index is 11.4. The van der Waals surface area contributed by atoms with E-state index in [-0.39, 0.29) is 5.97 Å². The van der Waals surface area contributed by atoms with Gasteiger partial charge in [0.2, 0.25) is 0 Å². The first kappa shape index (κ1) is 11.7. The lowest BCUT2D eigenvalue weighted by Gasteiger charge is -2.03. The molecule has 2 nitrogen and oxygen atoms in total. The molecule has 0 unspecified atom stereocenters. The maximum Gasteiger partial charge on any atom is 0.338 e. The molecule has 0 spiro atoms. The molecule has 0 fully saturated rings. The van der Waals surface area contributed by atoms with Crippen molar-refractivity contribution in [3.05, 3.63) is 34.9 Å². The van der Waals surface area contributed by atoms with Gasteiger partial charge in [-0.2, -0.15) is 12.6 Å². The van der Waals surface area contributed by atoms with Gasteiger partial charge >= 0.3 is 5.97 Å². The second-order valence-electron chi connectivity index (χ2n) is 2.98. The van der Waals surface area contributed by atoms with Gasteiger partial charge in [0, 0.05) is 5.56 Å². The van der Waals surface area contributed by atoms with Gasteiger partial charge in [-0.3, -0.25) is 0 Å². The number of carbonyl (C=O) groups excluding carboxylic acids is 1. The molecule has 78 valence electrons. The van der Waals surface area contributed by atoms with Gasteiger partial charge < -0.3 is 4.74 Å². The average Bonchev–Trinajstić information content (AvgIpc) is 2.27. The number of ether oxygens (including phenoxy) is 1. The molecular weight excluding hydrogens is 208 g/mol. The molecule has 0 aliphatic rings. The van der Waals surface area contributed by atoms with E-state index in [4.69, 9.17) is 0 Å². The van der Waals surface area contributed by atoms with Crippen LogP contribution in [0.5, 0.6) is 0 Å². The van der Waals surface area contributed by atoms with E-state index < -0.39 is 0 Å². The summed E-state index contributed by atoms with van der Waals surface area (Å²) in [5, 5.41) is 0. The summed E-state index contributed by atoms with van der Waals surface area (Å²) >= 11 is 3.99. The van der Waals surface area contributed by atoms with Crippen LogP contribution in [0.3, 0.4) is 0 Å². The Morgan fingerprint density at radius 1 is 1.53 bits per heavy atom. The largest absolute Gasteiger partial charge is 0.465 e. The van der Waals surface area contributed by atoms with Gasteiger partial charge in [0.25, 0.3) is 0 Å². The zero-order chi connectivity index (χ0) is 11.3. The van der Waals surface area contributed by atoms with Crippen molar-refractivity contribution in [2.24, 2.45) is 0 Å². The fourth-order valence-electron chi connectivity index (χ4n) is 1.17. The normalized spacial score (nSPS) is 9.00. The molecule has 0 radical (unpaired) electrons. The van der Waals surface area contributed by atoms with Crippen LogP contribution < -0.4 is 0 Å². The van der Waals surface area contributed by atoms with E-state index in [2.05, 4.69) is 29.2 Å². The first-order valence-corrected chi connectivity index (χ1v) is 5.11. The maximum atomic E-state index is 11.4. The van der Waals surface area contributed by atoms with Crippen LogP contribution in [0.4, 0.5) is 0 Å². The lowest BCUT2D eigenvalue weighted by Crippen LogP contribution is -2.03. The summed E-state index contributed by atoms with van der Waals surface area (Å²) in [7, 11) is 1.37. The van der Waals surface area contributed by atoms with Crippen LogP contribution >= 0.6 is 12.6 Å². The van der Waals surface area contributed by atoms with E-state index >= 15 is 0 Å². The molecule has 3 heteroatoms. The van der Waals surface area contributed by atoms with Crippen molar-refractivity contribution in [2.45, 2.75) is 6.92 Å². The number of esters is 1. The van der Waals surface area contributed by atoms with E-state index in [9.17, 15) is 4.79 Å². The third kappa shape index (κ3) is 3.03. The van der Waals surface area contributed by atoms with E-state index in [0.29, 0.717) is 11.3 Å². The molecule has 0 saturated heterocycles. The van der Waals surface area contributed by atoms with E-state index in [1.165, 1.54) is 7.11 Å². The summed E-state index contributed by atoms with van der Waals surface area (Å²) in [5.74, 6) is 5.91. The Morgan fingerprint density at radius 2 is 2.27 bits per heavy atom. The summed E-state index contributed by atoms with van der Waals surface area (Å²) in [4.78, 5) is 11.4. The highest BCUT2D eigenvalue weighted by atomic mass is 32.1. The number of benzene rings is 1. The molecule has 1 rings (SSSR count). The molecule has 0 atom stereocenters. The number of methoxy groups -OCH3 is 1. The molecule has 0 N–H and O–H groups in total. The van der Waals surface area contributed by atoms with Crippen molar-refractivity contribution in [1.29, 1.82) is 0 Å². The molecule has 1 aromatic carbocycles. The first-order chi connectivity index (χ1) is 7.19. The molecule has 0 aromatic heterocycles. The molecule has 0 amide bonds. The third-order valence-corrected chi connectivity index (χ3v) is 2.11. The number of rotatable bonds is 1. The molecule has 0 heterocycles. The zero-order valence-corrected chi connectivity index (χ0v) is 9.60. The molecule has 0 aliphatic heterocycles. The van der Waals surface area contributed by atoms with Crippen LogP contribution in [-0.4, -0.2) is 18.8 Å².